The first-order valence-electron chi connectivity index (χ1n) is 12.3. The van der Waals surface area contributed by atoms with Crippen LogP contribution in [0.25, 0.3) is 0 Å². The summed E-state index contributed by atoms with van der Waals surface area (Å²) in [6.45, 7) is 8.93. The van der Waals surface area contributed by atoms with Gasteiger partial charge >= 0.3 is 0 Å². The summed E-state index contributed by atoms with van der Waals surface area (Å²) in [5, 5.41) is 0.475. The van der Waals surface area contributed by atoms with E-state index in [1.165, 1.54) is 12.1 Å². The molecule has 184 valence electrons. The minimum atomic E-state index is -0.243. The number of carbonyl (C=O) groups excluding carboxylic acids is 1. The van der Waals surface area contributed by atoms with Crippen LogP contribution in [-0.4, -0.2) is 47.0 Å². The van der Waals surface area contributed by atoms with Gasteiger partial charge in [-0.3, -0.25) is 4.79 Å². The molecule has 1 amide bonds. The second-order valence-corrected chi connectivity index (χ2v) is 9.46. The number of nitrogens with zero attached hydrogens (tertiary/aromatic N) is 4. The van der Waals surface area contributed by atoms with E-state index in [1.807, 2.05) is 29.2 Å². The highest BCUT2D eigenvalue weighted by Gasteiger charge is 2.27. The average Bonchev–Trinajstić information content (AvgIpc) is 2.89. The molecule has 5 nitrogen and oxygen atoms in total. The fourth-order valence-corrected chi connectivity index (χ4v) is 4.62. The number of carbonyl (C=O) groups is 1. The predicted octanol–water partition coefficient (Wildman–Crippen LogP) is 5.90. The van der Waals surface area contributed by atoms with E-state index in [-0.39, 0.29) is 17.6 Å². The number of rotatable bonds is 7. The molecule has 1 aromatic heterocycles. The normalized spacial score (nSPS) is 14.8. The maximum atomic E-state index is 13.5. The molecular formula is C28H32ClFN4O. The number of aryl methyl sites for hydroxylation is 1. The third kappa shape index (κ3) is 5.64. The zero-order chi connectivity index (χ0) is 24.9. The standard InChI is InChI=1S/C28H32ClFN4O/c1-4-19(3)26-31-25(5-2)23(18-20-10-12-21(30)13-11-20)27(32-26)33-14-16-34(17-15-33)28(35)22-8-6-7-9-24(22)29/h6-13,19H,4-5,14-18H2,1-3H3. The number of halogens is 2. The van der Waals surface area contributed by atoms with Crippen molar-refractivity contribution in [1.82, 2.24) is 14.9 Å². The smallest absolute Gasteiger partial charge is 0.255 e. The summed E-state index contributed by atoms with van der Waals surface area (Å²) in [6.07, 6.45) is 2.39. The minimum Gasteiger partial charge on any atom is -0.353 e. The van der Waals surface area contributed by atoms with Crippen LogP contribution >= 0.6 is 11.6 Å². The quantitative estimate of drug-likeness (QED) is 0.410. The van der Waals surface area contributed by atoms with Crippen LogP contribution in [0.3, 0.4) is 0 Å². The van der Waals surface area contributed by atoms with E-state index in [4.69, 9.17) is 21.6 Å². The largest absolute Gasteiger partial charge is 0.353 e. The van der Waals surface area contributed by atoms with Gasteiger partial charge in [0.1, 0.15) is 17.5 Å². The van der Waals surface area contributed by atoms with Crippen molar-refractivity contribution in [2.45, 2.75) is 46.0 Å². The van der Waals surface area contributed by atoms with Crippen molar-refractivity contribution in [3.05, 3.63) is 87.6 Å². The Bertz CT molecular complexity index is 1180. The summed E-state index contributed by atoms with van der Waals surface area (Å²) >= 11 is 6.27. The van der Waals surface area contributed by atoms with Gasteiger partial charge in [0, 0.05) is 49.8 Å². The summed E-state index contributed by atoms with van der Waals surface area (Å²) in [5.74, 6) is 1.76. The average molecular weight is 495 g/mol. The molecular weight excluding hydrogens is 463 g/mol. The zero-order valence-electron chi connectivity index (χ0n) is 20.6. The Morgan fingerprint density at radius 2 is 1.71 bits per heavy atom. The summed E-state index contributed by atoms with van der Waals surface area (Å²) in [5.41, 5.74) is 3.67. The lowest BCUT2D eigenvalue weighted by atomic mass is 10.0. The fraction of sp³-hybridized carbons (Fsp3) is 0.393. The molecule has 0 bridgehead atoms. The van der Waals surface area contributed by atoms with Crippen LogP contribution in [0.5, 0.6) is 0 Å². The highest BCUT2D eigenvalue weighted by Crippen LogP contribution is 2.29. The van der Waals surface area contributed by atoms with Crippen LogP contribution in [0.1, 0.15) is 66.1 Å². The number of anilines is 1. The van der Waals surface area contributed by atoms with Crippen molar-refractivity contribution in [2.24, 2.45) is 0 Å². The van der Waals surface area contributed by atoms with Crippen LogP contribution < -0.4 is 4.90 Å². The summed E-state index contributed by atoms with van der Waals surface area (Å²) in [7, 11) is 0. The topological polar surface area (TPSA) is 49.3 Å². The highest BCUT2D eigenvalue weighted by molar-refractivity contribution is 6.33. The van der Waals surface area contributed by atoms with Gasteiger partial charge in [-0.1, -0.05) is 56.6 Å². The molecule has 7 heteroatoms. The van der Waals surface area contributed by atoms with E-state index in [2.05, 4.69) is 25.7 Å². The number of piperazine rings is 1. The third-order valence-electron chi connectivity index (χ3n) is 6.74. The molecule has 0 spiro atoms. The van der Waals surface area contributed by atoms with E-state index in [1.54, 1.807) is 12.1 Å². The second-order valence-electron chi connectivity index (χ2n) is 9.06. The molecule has 4 rings (SSSR count). The molecule has 0 radical (unpaired) electrons. The molecule has 3 aromatic rings. The molecule has 2 heterocycles. The van der Waals surface area contributed by atoms with Crippen molar-refractivity contribution in [2.75, 3.05) is 31.1 Å². The van der Waals surface area contributed by atoms with Crippen LogP contribution in [0.4, 0.5) is 10.2 Å². The first kappa shape index (κ1) is 25.1. The Kier molecular flexibility index (Phi) is 8.01. The Morgan fingerprint density at radius 1 is 1.03 bits per heavy atom. The van der Waals surface area contributed by atoms with Crippen molar-refractivity contribution < 1.29 is 9.18 Å². The number of amides is 1. The highest BCUT2D eigenvalue weighted by atomic mass is 35.5. The first-order valence-corrected chi connectivity index (χ1v) is 12.7. The van der Waals surface area contributed by atoms with Gasteiger partial charge in [-0.05, 0) is 42.7 Å². The molecule has 1 aliphatic rings. The number of hydrogen-bond donors (Lipinski definition) is 0. The SMILES string of the molecule is CCc1nc(C(C)CC)nc(N2CCN(C(=O)c3ccccc3Cl)CC2)c1Cc1ccc(F)cc1. The Labute approximate surface area is 212 Å². The number of benzene rings is 2. The van der Waals surface area contributed by atoms with Crippen molar-refractivity contribution in [1.29, 1.82) is 0 Å². The lowest BCUT2D eigenvalue weighted by Crippen LogP contribution is -2.49. The molecule has 0 saturated carbocycles. The number of hydrogen-bond acceptors (Lipinski definition) is 4. The van der Waals surface area contributed by atoms with Crippen LogP contribution in [0.15, 0.2) is 48.5 Å². The Balaban J connectivity index is 1.62. The predicted molar refractivity (Wildman–Crippen MR) is 139 cm³/mol. The van der Waals surface area contributed by atoms with Crippen molar-refractivity contribution in [3.63, 3.8) is 0 Å². The van der Waals surface area contributed by atoms with E-state index in [0.29, 0.717) is 43.2 Å². The molecule has 35 heavy (non-hydrogen) atoms. The monoisotopic (exact) mass is 494 g/mol. The molecule has 1 saturated heterocycles. The van der Waals surface area contributed by atoms with Gasteiger partial charge in [-0.15, -0.1) is 0 Å². The van der Waals surface area contributed by atoms with E-state index >= 15 is 0 Å². The van der Waals surface area contributed by atoms with E-state index in [9.17, 15) is 9.18 Å². The van der Waals surface area contributed by atoms with Gasteiger partial charge in [-0.2, -0.15) is 0 Å². The Morgan fingerprint density at radius 3 is 2.34 bits per heavy atom. The van der Waals surface area contributed by atoms with E-state index in [0.717, 1.165) is 41.3 Å². The minimum absolute atomic E-state index is 0.0426. The van der Waals surface area contributed by atoms with Crippen molar-refractivity contribution >= 4 is 23.3 Å². The maximum absolute atomic E-state index is 13.5. The molecule has 2 aromatic carbocycles. The molecule has 1 aliphatic heterocycles. The van der Waals surface area contributed by atoms with Gasteiger partial charge in [0.15, 0.2) is 0 Å². The fourth-order valence-electron chi connectivity index (χ4n) is 4.41. The van der Waals surface area contributed by atoms with Gasteiger partial charge in [0.2, 0.25) is 0 Å². The van der Waals surface area contributed by atoms with Gasteiger partial charge in [0.05, 0.1) is 10.6 Å². The lowest BCUT2D eigenvalue weighted by Gasteiger charge is -2.37. The first-order chi connectivity index (χ1) is 16.9. The molecule has 1 fully saturated rings. The van der Waals surface area contributed by atoms with Gasteiger partial charge in [-0.25, -0.2) is 14.4 Å². The van der Waals surface area contributed by atoms with Crippen molar-refractivity contribution in [3.8, 4) is 0 Å². The molecule has 1 atom stereocenters. The summed E-state index contributed by atoms with van der Waals surface area (Å²) in [4.78, 5) is 27.2. The molecule has 0 aliphatic carbocycles. The Hall–Kier alpha value is -2.99. The zero-order valence-corrected chi connectivity index (χ0v) is 21.4. The molecule has 1 unspecified atom stereocenters. The number of aromatic nitrogens is 2. The van der Waals surface area contributed by atoms with E-state index < -0.39 is 0 Å². The summed E-state index contributed by atoms with van der Waals surface area (Å²) in [6, 6.07) is 13.8. The molecule has 0 N–H and O–H groups in total. The summed E-state index contributed by atoms with van der Waals surface area (Å²) < 4.78 is 13.5. The maximum Gasteiger partial charge on any atom is 0.255 e. The third-order valence-corrected chi connectivity index (χ3v) is 7.07. The van der Waals surface area contributed by atoms with Crippen LogP contribution in [-0.2, 0) is 12.8 Å². The lowest BCUT2D eigenvalue weighted by molar-refractivity contribution is 0.0746. The van der Waals surface area contributed by atoms with Crippen LogP contribution in [0.2, 0.25) is 5.02 Å². The van der Waals surface area contributed by atoms with Gasteiger partial charge < -0.3 is 9.80 Å². The van der Waals surface area contributed by atoms with Gasteiger partial charge in [0.25, 0.3) is 5.91 Å². The second kappa shape index (κ2) is 11.2. The van der Waals surface area contributed by atoms with Crippen LogP contribution in [0, 0.1) is 5.82 Å².